The Hall–Kier alpha value is -2.14. The summed E-state index contributed by atoms with van der Waals surface area (Å²) in [6.07, 6.45) is 1.92. The summed E-state index contributed by atoms with van der Waals surface area (Å²) in [5.74, 6) is -0.724. The number of quaternary nitrogens is 1. The van der Waals surface area contributed by atoms with Gasteiger partial charge in [0.2, 0.25) is 5.91 Å². The van der Waals surface area contributed by atoms with Crippen LogP contribution in [0.25, 0.3) is 0 Å². The number of amides is 1. The summed E-state index contributed by atoms with van der Waals surface area (Å²) in [7, 11) is 5.94. The van der Waals surface area contributed by atoms with E-state index in [4.69, 9.17) is 4.74 Å². The lowest BCUT2D eigenvalue weighted by Gasteiger charge is -2.25. The zero-order valence-electron chi connectivity index (χ0n) is 16.4. The number of rotatable bonds is 6. The standard InChI is InChI=1S/C20H30N2O3/c1-15(22(5,6)7)13-18(23)21-17(19(24)25-20(2,3)4)14-16-11-9-8-10-12-16/h8-13,17H,14H2,1-7H3/p+1/b15-13+/t17-/m0/s1. The van der Waals surface area contributed by atoms with Crippen LogP contribution in [0.5, 0.6) is 0 Å². The molecule has 0 aliphatic carbocycles. The van der Waals surface area contributed by atoms with Crippen LogP contribution in [0.2, 0.25) is 0 Å². The molecule has 0 spiro atoms. The van der Waals surface area contributed by atoms with Gasteiger partial charge < -0.3 is 14.5 Å². The Balaban J connectivity index is 2.94. The van der Waals surface area contributed by atoms with Crippen molar-refractivity contribution in [2.75, 3.05) is 21.1 Å². The summed E-state index contributed by atoms with van der Waals surface area (Å²) in [4.78, 5) is 24.9. The number of hydrogen-bond acceptors (Lipinski definition) is 3. The topological polar surface area (TPSA) is 55.4 Å². The normalized spacial score (nSPS) is 14.0. The summed E-state index contributed by atoms with van der Waals surface area (Å²) >= 11 is 0. The second-order valence-corrected chi connectivity index (χ2v) is 8.08. The molecule has 0 unspecified atom stereocenters. The minimum Gasteiger partial charge on any atom is -0.458 e. The van der Waals surface area contributed by atoms with Crippen LogP contribution in [-0.2, 0) is 20.7 Å². The molecule has 25 heavy (non-hydrogen) atoms. The number of ether oxygens (including phenoxy) is 1. The maximum Gasteiger partial charge on any atom is 0.329 e. The average Bonchev–Trinajstić information content (AvgIpc) is 2.44. The molecule has 0 saturated heterocycles. The third-order valence-electron chi connectivity index (χ3n) is 3.69. The van der Waals surface area contributed by atoms with Crippen LogP contribution in [-0.4, -0.2) is 49.1 Å². The maximum absolute atomic E-state index is 12.5. The van der Waals surface area contributed by atoms with Crippen molar-refractivity contribution in [3.8, 4) is 0 Å². The number of benzene rings is 1. The molecule has 0 aliphatic rings. The lowest BCUT2D eigenvalue weighted by atomic mass is 10.1. The van der Waals surface area contributed by atoms with Gasteiger partial charge in [-0.05, 0) is 26.3 Å². The first-order valence-corrected chi connectivity index (χ1v) is 8.46. The second-order valence-electron chi connectivity index (χ2n) is 8.08. The number of carbonyl (C=O) groups is 2. The molecule has 0 heterocycles. The van der Waals surface area contributed by atoms with Gasteiger partial charge in [-0.3, -0.25) is 4.79 Å². The number of hydrogen-bond donors (Lipinski definition) is 1. The van der Waals surface area contributed by atoms with E-state index in [1.165, 1.54) is 6.08 Å². The monoisotopic (exact) mass is 347 g/mol. The predicted molar refractivity (Wildman–Crippen MR) is 99.7 cm³/mol. The van der Waals surface area contributed by atoms with Crippen molar-refractivity contribution >= 4 is 11.9 Å². The molecule has 0 fully saturated rings. The minimum atomic E-state index is -0.731. The molecule has 1 N–H and O–H groups in total. The highest BCUT2D eigenvalue weighted by molar-refractivity contribution is 5.91. The van der Waals surface area contributed by atoms with Crippen LogP contribution in [0.1, 0.15) is 33.3 Å². The summed E-state index contributed by atoms with van der Waals surface area (Å²) in [5.41, 5.74) is 1.25. The molecule has 1 aromatic rings. The molecular formula is C20H31N2O3+. The Labute approximate surface area is 151 Å². The first-order chi connectivity index (χ1) is 11.4. The van der Waals surface area contributed by atoms with Gasteiger partial charge in [0.1, 0.15) is 17.3 Å². The molecule has 5 nitrogen and oxygen atoms in total. The number of nitrogens with zero attached hydrogens (tertiary/aromatic N) is 1. The quantitative estimate of drug-likeness (QED) is 0.489. The van der Waals surface area contributed by atoms with Crippen molar-refractivity contribution < 1.29 is 18.8 Å². The van der Waals surface area contributed by atoms with E-state index in [0.29, 0.717) is 10.9 Å². The Morgan fingerprint density at radius 1 is 1.16 bits per heavy atom. The molecule has 0 aromatic heterocycles. The van der Waals surface area contributed by atoms with Crippen LogP contribution in [0.15, 0.2) is 42.1 Å². The smallest absolute Gasteiger partial charge is 0.329 e. The number of esters is 1. The predicted octanol–water partition coefficient (Wildman–Crippen LogP) is 2.67. The zero-order chi connectivity index (χ0) is 19.3. The summed E-state index contributed by atoms with van der Waals surface area (Å²) in [5, 5.41) is 2.79. The van der Waals surface area contributed by atoms with Gasteiger partial charge in [0, 0.05) is 13.3 Å². The van der Waals surface area contributed by atoms with Crippen molar-refractivity contribution in [1.82, 2.24) is 5.32 Å². The van der Waals surface area contributed by atoms with Gasteiger partial charge in [0.15, 0.2) is 0 Å². The van der Waals surface area contributed by atoms with E-state index in [2.05, 4.69) is 5.32 Å². The van der Waals surface area contributed by atoms with Crippen LogP contribution in [0.3, 0.4) is 0 Å². The Morgan fingerprint density at radius 3 is 2.20 bits per heavy atom. The molecule has 1 rings (SSSR count). The Bertz CT molecular complexity index is 623. The average molecular weight is 347 g/mol. The van der Waals surface area contributed by atoms with E-state index in [0.717, 1.165) is 11.3 Å². The lowest BCUT2D eigenvalue weighted by Crippen LogP contribution is -2.45. The SMILES string of the molecule is C/C(=C\C(=O)N[C@@H](Cc1ccccc1)C(=O)OC(C)(C)C)[N+](C)(C)C. The Kier molecular flexibility index (Phi) is 6.94. The van der Waals surface area contributed by atoms with Gasteiger partial charge in [-0.25, -0.2) is 4.79 Å². The van der Waals surface area contributed by atoms with Gasteiger partial charge in [-0.1, -0.05) is 30.3 Å². The third kappa shape index (κ3) is 7.98. The van der Waals surface area contributed by atoms with Crippen LogP contribution in [0.4, 0.5) is 0 Å². The van der Waals surface area contributed by atoms with E-state index >= 15 is 0 Å². The van der Waals surface area contributed by atoms with E-state index in [1.54, 1.807) is 0 Å². The first-order valence-electron chi connectivity index (χ1n) is 8.46. The second kappa shape index (κ2) is 8.30. The van der Waals surface area contributed by atoms with Crippen molar-refractivity contribution in [1.29, 1.82) is 0 Å². The van der Waals surface area contributed by atoms with Gasteiger partial charge in [0.25, 0.3) is 0 Å². The summed E-state index contributed by atoms with van der Waals surface area (Å²) in [6.45, 7) is 7.33. The fraction of sp³-hybridized carbons (Fsp3) is 0.500. The molecular weight excluding hydrogens is 316 g/mol. The molecule has 0 saturated carbocycles. The van der Waals surface area contributed by atoms with Gasteiger partial charge in [-0.15, -0.1) is 0 Å². The maximum atomic E-state index is 12.5. The minimum absolute atomic E-state index is 0.294. The van der Waals surface area contributed by atoms with Crippen LogP contribution < -0.4 is 5.32 Å². The number of carbonyl (C=O) groups excluding carboxylic acids is 2. The molecule has 5 heteroatoms. The molecule has 0 radical (unpaired) electrons. The van der Waals surface area contributed by atoms with Crippen molar-refractivity contribution in [3.05, 3.63) is 47.7 Å². The van der Waals surface area contributed by atoms with E-state index in [1.807, 2.05) is 79.2 Å². The van der Waals surface area contributed by atoms with Crippen molar-refractivity contribution in [2.45, 2.75) is 45.8 Å². The molecule has 138 valence electrons. The Morgan fingerprint density at radius 2 is 1.72 bits per heavy atom. The third-order valence-corrected chi connectivity index (χ3v) is 3.69. The lowest BCUT2D eigenvalue weighted by molar-refractivity contribution is -0.831. The van der Waals surface area contributed by atoms with E-state index in [-0.39, 0.29) is 5.91 Å². The fourth-order valence-electron chi connectivity index (χ4n) is 2.01. The molecule has 1 atom stereocenters. The fourth-order valence-corrected chi connectivity index (χ4v) is 2.01. The largest absolute Gasteiger partial charge is 0.458 e. The zero-order valence-corrected chi connectivity index (χ0v) is 16.4. The van der Waals surface area contributed by atoms with Crippen molar-refractivity contribution in [2.24, 2.45) is 0 Å². The van der Waals surface area contributed by atoms with E-state index in [9.17, 15) is 9.59 Å². The number of allylic oxidation sites excluding steroid dienone is 1. The van der Waals surface area contributed by atoms with Crippen molar-refractivity contribution in [3.63, 3.8) is 0 Å². The van der Waals surface area contributed by atoms with Gasteiger partial charge in [-0.2, -0.15) is 0 Å². The molecule has 0 aliphatic heterocycles. The van der Waals surface area contributed by atoms with Gasteiger partial charge >= 0.3 is 5.97 Å². The molecule has 0 bridgehead atoms. The highest BCUT2D eigenvalue weighted by Gasteiger charge is 2.27. The van der Waals surface area contributed by atoms with Gasteiger partial charge in [0.05, 0.1) is 27.2 Å². The highest BCUT2D eigenvalue weighted by Crippen LogP contribution is 2.12. The van der Waals surface area contributed by atoms with E-state index < -0.39 is 17.6 Å². The molecule has 1 aromatic carbocycles. The highest BCUT2D eigenvalue weighted by atomic mass is 16.6. The first kappa shape index (κ1) is 20.9. The molecule has 1 amide bonds. The summed E-state index contributed by atoms with van der Waals surface area (Å²) in [6, 6.07) is 8.85. The van der Waals surface area contributed by atoms with Crippen LogP contribution in [0, 0.1) is 0 Å². The van der Waals surface area contributed by atoms with Crippen LogP contribution >= 0.6 is 0 Å². The number of nitrogens with one attached hydrogen (secondary N) is 1. The summed E-state index contributed by atoms with van der Waals surface area (Å²) < 4.78 is 6.01.